The quantitative estimate of drug-likeness (QED) is 0.340. The van der Waals surface area contributed by atoms with E-state index in [9.17, 15) is 4.79 Å². The van der Waals surface area contributed by atoms with Crippen LogP contribution in [0.3, 0.4) is 0 Å². The maximum absolute atomic E-state index is 12.3. The molecule has 0 unspecified atom stereocenters. The Kier molecular flexibility index (Phi) is 7.49. The number of hydrogen-bond donors (Lipinski definition) is 1. The number of hydrogen-bond acceptors (Lipinski definition) is 4. The average Bonchev–Trinajstić information content (AvgIpc) is 2.74. The number of aryl methyl sites for hydroxylation is 1. The van der Waals surface area contributed by atoms with Gasteiger partial charge in [0.05, 0.1) is 17.8 Å². The zero-order valence-electron chi connectivity index (χ0n) is 16.5. The summed E-state index contributed by atoms with van der Waals surface area (Å²) in [6.45, 7) is 2.25. The van der Waals surface area contributed by atoms with E-state index in [0.29, 0.717) is 33.2 Å². The highest BCUT2D eigenvalue weighted by Gasteiger charge is 2.12. The van der Waals surface area contributed by atoms with Crippen LogP contribution in [0.2, 0.25) is 5.02 Å². The third-order valence-corrected chi connectivity index (χ3v) is 5.16. The number of amides is 1. The van der Waals surface area contributed by atoms with Gasteiger partial charge in [-0.1, -0.05) is 41.9 Å². The van der Waals surface area contributed by atoms with Gasteiger partial charge in [-0.15, -0.1) is 0 Å². The number of carbonyl (C=O) groups is 1. The number of nitrogens with zero attached hydrogens (tertiary/aromatic N) is 1. The van der Waals surface area contributed by atoms with Crippen molar-refractivity contribution in [2.24, 2.45) is 5.10 Å². The molecule has 0 aromatic heterocycles. The van der Waals surface area contributed by atoms with Gasteiger partial charge in [-0.2, -0.15) is 5.10 Å². The molecule has 0 bridgehead atoms. The standard InChI is InChI=1S/C23H20BrClN2O3/c1-15-5-3-4-6-19(15)23(28)27-26-13-17-11-20(24)22(21(12-17)29-2)30-14-16-7-9-18(25)10-8-16/h3-13H,14H2,1-2H3,(H,27,28)/b26-13-. The molecule has 0 atom stereocenters. The van der Waals surface area contributed by atoms with Crippen molar-refractivity contribution >= 4 is 39.7 Å². The van der Waals surface area contributed by atoms with Crippen LogP contribution in [-0.4, -0.2) is 19.2 Å². The molecule has 0 saturated carbocycles. The van der Waals surface area contributed by atoms with Crippen molar-refractivity contribution in [2.75, 3.05) is 7.11 Å². The summed E-state index contributed by atoms with van der Waals surface area (Å²) in [5.74, 6) is 0.858. The SMILES string of the molecule is COc1cc(/C=N\NC(=O)c2ccccc2C)cc(Br)c1OCc1ccc(Cl)cc1. The molecule has 1 amide bonds. The van der Waals surface area contributed by atoms with Gasteiger partial charge in [0.1, 0.15) is 6.61 Å². The fourth-order valence-corrected chi connectivity index (χ4v) is 3.44. The summed E-state index contributed by atoms with van der Waals surface area (Å²) in [6, 6.07) is 18.4. The predicted molar refractivity (Wildman–Crippen MR) is 123 cm³/mol. The maximum Gasteiger partial charge on any atom is 0.271 e. The van der Waals surface area contributed by atoms with Crippen molar-refractivity contribution in [3.05, 3.63) is 92.4 Å². The Morgan fingerprint density at radius 3 is 2.60 bits per heavy atom. The summed E-state index contributed by atoms with van der Waals surface area (Å²) in [4.78, 5) is 12.3. The van der Waals surface area contributed by atoms with Crippen molar-refractivity contribution in [2.45, 2.75) is 13.5 Å². The topological polar surface area (TPSA) is 59.9 Å². The number of halogens is 2. The Hall–Kier alpha value is -2.83. The number of methoxy groups -OCH3 is 1. The molecule has 0 spiro atoms. The van der Waals surface area contributed by atoms with Crippen LogP contribution in [0, 0.1) is 6.92 Å². The summed E-state index contributed by atoms with van der Waals surface area (Å²) in [7, 11) is 1.57. The van der Waals surface area contributed by atoms with Crippen LogP contribution in [-0.2, 0) is 6.61 Å². The summed E-state index contributed by atoms with van der Waals surface area (Å²) < 4.78 is 12.1. The summed E-state index contributed by atoms with van der Waals surface area (Å²) in [5.41, 5.74) is 5.73. The second-order valence-corrected chi connectivity index (χ2v) is 7.75. The lowest BCUT2D eigenvalue weighted by atomic mass is 10.1. The zero-order chi connectivity index (χ0) is 21.5. The number of carbonyl (C=O) groups excluding carboxylic acids is 1. The first-order valence-electron chi connectivity index (χ1n) is 9.11. The number of rotatable bonds is 7. The van der Waals surface area contributed by atoms with Gasteiger partial charge in [-0.3, -0.25) is 4.79 Å². The Labute approximate surface area is 188 Å². The molecule has 0 aliphatic heterocycles. The monoisotopic (exact) mass is 486 g/mol. The van der Waals surface area contributed by atoms with Gasteiger partial charge in [-0.25, -0.2) is 5.43 Å². The van der Waals surface area contributed by atoms with E-state index in [1.165, 1.54) is 0 Å². The van der Waals surface area contributed by atoms with Gasteiger partial charge in [0.15, 0.2) is 11.5 Å². The lowest BCUT2D eigenvalue weighted by Gasteiger charge is -2.13. The minimum absolute atomic E-state index is 0.265. The van der Waals surface area contributed by atoms with Crippen LogP contribution in [0.1, 0.15) is 27.0 Å². The molecule has 3 rings (SSSR count). The molecule has 3 aromatic carbocycles. The minimum atomic E-state index is -0.265. The third kappa shape index (κ3) is 5.62. The predicted octanol–water partition coefficient (Wildman–Crippen LogP) is 5.76. The first kappa shape index (κ1) is 21.9. The molecule has 30 heavy (non-hydrogen) atoms. The van der Waals surface area contributed by atoms with E-state index in [-0.39, 0.29) is 5.91 Å². The second kappa shape index (κ2) is 10.3. The second-order valence-electron chi connectivity index (χ2n) is 6.46. The molecule has 0 radical (unpaired) electrons. The number of benzene rings is 3. The van der Waals surface area contributed by atoms with E-state index in [4.69, 9.17) is 21.1 Å². The highest BCUT2D eigenvalue weighted by molar-refractivity contribution is 9.10. The minimum Gasteiger partial charge on any atom is -0.493 e. The van der Waals surface area contributed by atoms with E-state index >= 15 is 0 Å². The number of hydrazone groups is 1. The van der Waals surface area contributed by atoms with Crippen LogP contribution in [0.15, 0.2) is 70.2 Å². The van der Waals surface area contributed by atoms with E-state index in [0.717, 1.165) is 16.7 Å². The molecule has 0 aliphatic rings. The summed E-state index contributed by atoms with van der Waals surface area (Å²) in [5, 5.41) is 4.73. The van der Waals surface area contributed by atoms with Crippen LogP contribution in [0.25, 0.3) is 0 Å². The summed E-state index contributed by atoms with van der Waals surface area (Å²) in [6.07, 6.45) is 1.55. The van der Waals surface area contributed by atoms with Gasteiger partial charge in [-0.05, 0) is 69.9 Å². The average molecular weight is 488 g/mol. The normalized spacial score (nSPS) is 10.8. The van der Waals surface area contributed by atoms with Gasteiger partial charge in [0.25, 0.3) is 5.91 Å². The van der Waals surface area contributed by atoms with E-state index in [1.807, 2.05) is 55.5 Å². The van der Waals surface area contributed by atoms with Crippen LogP contribution >= 0.6 is 27.5 Å². The smallest absolute Gasteiger partial charge is 0.271 e. The molecule has 3 aromatic rings. The Bertz CT molecular complexity index is 1070. The number of nitrogens with one attached hydrogen (secondary N) is 1. The molecule has 1 N–H and O–H groups in total. The highest BCUT2D eigenvalue weighted by Crippen LogP contribution is 2.36. The zero-order valence-corrected chi connectivity index (χ0v) is 18.8. The van der Waals surface area contributed by atoms with Crippen LogP contribution in [0.5, 0.6) is 11.5 Å². The Morgan fingerprint density at radius 1 is 1.17 bits per heavy atom. The number of ether oxygens (including phenoxy) is 2. The first-order chi connectivity index (χ1) is 14.5. The fourth-order valence-electron chi connectivity index (χ4n) is 2.74. The first-order valence-corrected chi connectivity index (χ1v) is 10.3. The Morgan fingerprint density at radius 2 is 1.90 bits per heavy atom. The molecule has 0 saturated heterocycles. The molecular weight excluding hydrogens is 468 g/mol. The van der Waals surface area contributed by atoms with Gasteiger partial charge in [0.2, 0.25) is 0 Å². The van der Waals surface area contributed by atoms with E-state index < -0.39 is 0 Å². The molecule has 0 aliphatic carbocycles. The van der Waals surface area contributed by atoms with Crippen LogP contribution < -0.4 is 14.9 Å². The molecule has 0 fully saturated rings. The van der Waals surface area contributed by atoms with Gasteiger partial charge >= 0.3 is 0 Å². The highest BCUT2D eigenvalue weighted by atomic mass is 79.9. The lowest BCUT2D eigenvalue weighted by Crippen LogP contribution is -2.18. The van der Waals surface area contributed by atoms with Gasteiger partial charge < -0.3 is 9.47 Å². The van der Waals surface area contributed by atoms with Crippen molar-refractivity contribution in [1.82, 2.24) is 5.43 Å². The molecule has 7 heteroatoms. The third-order valence-electron chi connectivity index (χ3n) is 4.32. The van der Waals surface area contributed by atoms with E-state index in [2.05, 4.69) is 26.5 Å². The largest absolute Gasteiger partial charge is 0.493 e. The maximum atomic E-state index is 12.3. The molecule has 154 valence electrons. The van der Waals surface area contributed by atoms with Crippen molar-refractivity contribution in [1.29, 1.82) is 0 Å². The molecular formula is C23H20BrClN2O3. The van der Waals surface area contributed by atoms with Crippen molar-refractivity contribution in [3.63, 3.8) is 0 Å². The van der Waals surface area contributed by atoms with Crippen LogP contribution in [0.4, 0.5) is 0 Å². The fraction of sp³-hybridized carbons (Fsp3) is 0.130. The van der Waals surface area contributed by atoms with Crippen molar-refractivity contribution < 1.29 is 14.3 Å². The molecule has 0 heterocycles. The summed E-state index contributed by atoms with van der Waals surface area (Å²) >= 11 is 9.43. The lowest BCUT2D eigenvalue weighted by molar-refractivity contribution is 0.0954. The molecule has 5 nitrogen and oxygen atoms in total. The van der Waals surface area contributed by atoms with Crippen molar-refractivity contribution in [3.8, 4) is 11.5 Å². The van der Waals surface area contributed by atoms with E-state index in [1.54, 1.807) is 25.5 Å². The van der Waals surface area contributed by atoms with Gasteiger partial charge in [0, 0.05) is 10.6 Å². The Balaban J connectivity index is 1.70.